The summed E-state index contributed by atoms with van der Waals surface area (Å²) in [4.78, 5) is 19.0. The van der Waals surface area contributed by atoms with E-state index in [2.05, 4.69) is 17.4 Å². The summed E-state index contributed by atoms with van der Waals surface area (Å²) in [6.45, 7) is 5.07. The summed E-state index contributed by atoms with van der Waals surface area (Å²) in [6.07, 6.45) is 6.45. The molecule has 0 bridgehead atoms. The van der Waals surface area contributed by atoms with E-state index in [1.807, 2.05) is 11.8 Å². The number of unbranched alkanes of at least 4 members (excludes halogenated alkanes) is 1. The van der Waals surface area contributed by atoms with Gasteiger partial charge in [0.1, 0.15) is 17.7 Å². The van der Waals surface area contributed by atoms with Gasteiger partial charge in [-0.2, -0.15) is 0 Å². The van der Waals surface area contributed by atoms with Gasteiger partial charge >= 0.3 is 5.97 Å². The number of likely N-dealkylation sites (tertiary alicyclic amines) is 1. The topological polar surface area (TPSA) is 83.9 Å². The number of nitrogens with one attached hydrogen (secondary N) is 1. The zero-order valence-corrected chi connectivity index (χ0v) is 21.0. The van der Waals surface area contributed by atoms with Gasteiger partial charge in [-0.3, -0.25) is 9.69 Å². The van der Waals surface area contributed by atoms with E-state index in [4.69, 9.17) is 14.5 Å². The number of pyridine rings is 1. The average molecular weight is 498 g/mol. The molecule has 4 heterocycles. The van der Waals surface area contributed by atoms with Crippen LogP contribution in [0.3, 0.4) is 0 Å². The van der Waals surface area contributed by atoms with Crippen molar-refractivity contribution >= 4 is 11.8 Å². The fourth-order valence-corrected chi connectivity index (χ4v) is 5.69. The minimum absolute atomic E-state index is 0.00966. The van der Waals surface area contributed by atoms with E-state index in [1.165, 1.54) is 17.7 Å². The second-order valence-electron chi connectivity index (χ2n) is 10.3. The third-order valence-electron chi connectivity index (χ3n) is 7.56. The smallest absolute Gasteiger partial charge is 0.325 e. The quantitative estimate of drug-likeness (QED) is 0.501. The van der Waals surface area contributed by atoms with Crippen molar-refractivity contribution in [3.63, 3.8) is 0 Å². The van der Waals surface area contributed by atoms with Crippen LogP contribution in [0.2, 0.25) is 0 Å². The first-order valence-corrected chi connectivity index (χ1v) is 13.2. The molecule has 0 saturated carbocycles. The Labute approximate surface area is 212 Å². The zero-order chi connectivity index (χ0) is 25.1. The van der Waals surface area contributed by atoms with Crippen LogP contribution in [0.15, 0.2) is 24.3 Å². The van der Waals surface area contributed by atoms with Gasteiger partial charge in [-0.15, -0.1) is 0 Å². The number of carbonyl (C=O) groups is 1. The summed E-state index contributed by atoms with van der Waals surface area (Å²) < 4.78 is 26.2. The molecule has 1 aromatic heterocycles. The van der Waals surface area contributed by atoms with Crippen molar-refractivity contribution in [1.82, 2.24) is 9.88 Å². The molecule has 36 heavy (non-hydrogen) atoms. The van der Waals surface area contributed by atoms with Gasteiger partial charge in [-0.1, -0.05) is 6.07 Å². The molecule has 0 amide bonds. The van der Waals surface area contributed by atoms with Crippen LogP contribution in [0, 0.1) is 5.82 Å². The van der Waals surface area contributed by atoms with Gasteiger partial charge in [0, 0.05) is 31.9 Å². The van der Waals surface area contributed by atoms with Crippen molar-refractivity contribution in [3.8, 4) is 0 Å². The van der Waals surface area contributed by atoms with Gasteiger partial charge in [0.2, 0.25) is 0 Å². The van der Waals surface area contributed by atoms with Gasteiger partial charge in [-0.05, 0) is 92.3 Å². The fourth-order valence-electron chi connectivity index (χ4n) is 5.69. The Balaban J connectivity index is 1.13. The molecular formula is C28H36FN3O4. The number of ether oxygens (including phenoxy) is 2. The molecule has 2 N–H and O–H groups in total. The minimum Gasteiger partial charge on any atom is -0.480 e. The maximum absolute atomic E-state index is 14.4. The molecule has 8 heteroatoms. The van der Waals surface area contributed by atoms with Crippen molar-refractivity contribution in [2.45, 2.75) is 76.7 Å². The van der Waals surface area contributed by atoms with Gasteiger partial charge in [0.05, 0.1) is 18.8 Å². The van der Waals surface area contributed by atoms with E-state index < -0.39 is 17.8 Å². The number of halogens is 1. The van der Waals surface area contributed by atoms with Gasteiger partial charge in [0.25, 0.3) is 0 Å². The highest BCUT2D eigenvalue weighted by Crippen LogP contribution is 2.34. The average Bonchev–Trinajstić information content (AvgIpc) is 3.32. The number of aromatic nitrogens is 1. The largest absolute Gasteiger partial charge is 0.480 e. The highest BCUT2D eigenvalue weighted by atomic mass is 19.1. The summed E-state index contributed by atoms with van der Waals surface area (Å²) in [5, 5.41) is 13.5. The lowest BCUT2D eigenvalue weighted by Gasteiger charge is -2.30. The normalized spacial score (nSPS) is 22.5. The number of rotatable bonds is 9. The maximum Gasteiger partial charge on any atom is 0.325 e. The van der Waals surface area contributed by atoms with Crippen LogP contribution < -0.4 is 5.32 Å². The molecule has 0 aliphatic carbocycles. The fraction of sp³-hybridized carbons (Fsp3) is 0.571. The Morgan fingerprint density at radius 3 is 3.08 bits per heavy atom. The minimum atomic E-state index is -0.949. The van der Waals surface area contributed by atoms with Crippen LogP contribution in [-0.4, -0.2) is 59.4 Å². The van der Waals surface area contributed by atoms with Gasteiger partial charge < -0.3 is 19.9 Å². The van der Waals surface area contributed by atoms with Crippen molar-refractivity contribution in [1.29, 1.82) is 0 Å². The third kappa shape index (κ3) is 5.71. The number of hydrogen-bond donors (Lipinski definition) is 2. The number of aliphatic carboxylic acids is 1. The van der Waals surface area contributed by atoms with E-state index in [-0.39, 0.29) is 12.2 Å². The zero-order valence-electron chi connectivity index (χ0n) is 21.0. The number of benzene rings is 1. The summed E-state index contributed by atoms with van der Waals surface area (Å²) >= 11 is 0. The standard InChI is InChI=1S/C28H36FN3O4/c1-18-13-24-20(17-36-18)14-21(29)15-25(24)26(28(33)34)32-11-9-23(16-32)35-12-3-2-6-22-8-7-19-5-4-10-30-27(19)31-22/h7-8,14-15,18,23,26H,2-6,9-13,16-17H2,1H3,(H,30,31)(H,33,34)/t18?,23-,26-/m1/s1. The van der Waals surface area contributed by atoms with E-state index in [9.17, 15) is 14.3 Å². The number of nitrogens with zero attached hydrogens (tertiary/aromatic N) is 2. The molecule has 7 nitrogen and oxygen atoms in total. The molecule has 1 unspecified atom stereocenters. The van der Waals surface area contributed by atoms with E-state index in [0.29, 0.717) is 38.3 Å². The lowest BCUT2D eigenvalue weighted by Crippen LogP contribution is -2.35. The van der Waals surface area contributed by atoms with Crippen LogP contribution in [0.1, 0.15) is 66.6 Å². The monoisotopic (exact) mass is 497 g/mol. The van der Waals surface area contributed by atoms with E-state index in [1.54, 1.807) is 0 Å². The molecular weight excluding hydrogens is 461 g/mol. The molecule has 3 aliphatic rings. The molecule has 1 fully saturated rings. The first kappa shape index (κ1) is 25.1. The first-order valence-electron chi connectivity index (χ1n) is 13.2. The van der Waals surface area contributed by atoms with Crippen molar-refractivity contribution in [3.05, 3.63) is 58.0 Å². The van der Waals surface area contributed by atoms with Gasteiger partial charge in [0.15, 0.2) is 0 Å². The lowest BCUT2D eigenvalue weighted by molar-refractivity contribution is -0.143. The van der Waals surface area contributed by atoms with Crippen LogP contribution in [0.4, 0.5) is 10.2 Å². The van der Waals surface area contributed by atoms with Crippen LogP contribution >= 0.6 is 0 Å². The second kappa shape index (κ2) is 11.2. The molecule has 1 aromatic carbocycles. The molecule has 0 radical (unpaired) electrons. The Morgan fingerprint density at radius 2 is 2.22 bits per heavy atom. The summed E-state index contributed by atoms with van der Waals surface area (Å²) in [6, 6.07) is 6.31. The highest BCUT2D eigenvalue weighted by molar-refractivity contribution is 5.76. The van der Waals surface area contributed by atoms with Crippen molar-refractivity contribution in [2.24, 2.45) is 0 Å². The van der Waals surface area contributed by atoms with Gasteiger partial charge in [-0.25, -0.2) is 9.37 Å². The summed E-state index contributed by atoms with van der Waals surface area (Å²) in [7, 11) is 0. The predicted molar refractivity (Wildman–Crippen MR) is 135 cm³/mol. The van der Waals surface area contributed by atoms with Crippen LogP contribution in [0.25, 0.3) is 0 Å². The highest BCUT2D eigenvalue weighted by Gasteiger charge is 2.36. The Kier molecular flexibility index (Phi) is 7.84. The number of fused-ring (bicyclic) bond motifs is 2. The van der Waals surface area contributed by atoms with Crippen molar-refractivity contribution in [2.75, 3.05) is 31.6 Å². The number of aryl methyl sites for hydroxylation is 2. The van der Waals surface area contributed by atoms with Crippen molar-refractivity contribution < 1.29 is 23.8 Å². The SMILES string of the molecule is CC1Cc2c(cc(F)cc2[C@H](C(=O)O)N2CC[C@@H](OCCCCc3ccc4c(n3)NCCC4)C2)CO1. The second-order valence-corrected chi connectivity index (χ2v) is 10.3. The molecule has 2 aromatic rings. The summed E-state index contributed by atoms with van der Waals surface area (Å²) in [5.41, 5.74) is 4.64. The number of carboxylic acid groups (broad SMARTS) is 1. The van der Waals surface area contributed by atoms with Crippen LogP contribution in [0.5, 0.6) is 0 Å². The third-order valence-corrected chi connectivity index (χ3v) is 7.56. The molecule has 3 aliphatic heterocycles. The summed E-state index contributed by atoms with van der Waals surface area (Å²) in [5.74, 6) is -0.324. The van der Waals surface area contributed by atoms with E-state index in [0.717, 1.165) is 67.7 Å². The predicted octanol–water partition coefficient (Wildman–Crippen LogP) is 4.28. The maximum atomic E-state index is 14.4. The molecule has 5 rings (SSSR count). The molecule has 3 atom stereocenters. The Bertz CT molecular complexity index is 1090. The first-order chi connectivity index (χ1) is 17.5. The Morgan fingerprint density at radius 1 is 1.33 bits per heavy atom. The lowest BCUT2D eigenvalue weighted by atomic mass is 9.90. The Hall–Kier alpha value is -2.55. The number of carboxylic acids is 1. The van der Waals surface area contributed by atoms with E-state index >= 15 is 0 Å². The molecule has 0 spiro atoms. The molecule has 1 saturated heterocycles. The number of anilines is 1. The number of hydrogen-bond acceptors (Lipinski definition) is 6. The molecule has 194 valence electrons. The van der Waals surface area contributed by atoms with Crippen LogP contribution in [-0.2, 0) is 40.1 Å².